The van der Waals surface area contributed by atoms with E-state index in [4.69, 9.17) is 9.47 Å². The van der Waals surface area contributed by atoms with E-state index < -0.39 is 46.8 Å². The molecule has 9 nitrogen and oxygen atoms in total. The molecule has 0 radical (unpaired) electrons. The summed E-state index contributed by atoms with van der Waals surface area (Å²) in [4.78, 5) is 37.2. The van der Waals surface area contributed by atoms with Crippen LogP contribution in [0.2, 0.25) is 0 Å². The van der Waals surface area contributed by atoms with E-state index in [1.54, 1.807) is 24.3 Å². The van der Waals surface area contributed by atoms with Crippen LogP contribution in [0.5, 0.6) is 5.75 Å². The first-order valence-electron chi connectivity index (χ1n) is 8.26. The van der Waals surface area contributed by atoms with Crippen LogP contribution in [-0.2, 0) is 24.2 Å². The zero-order valence-corrected chi connectivity index (χ0v) is 16.0. The van der Waals surface area contributed by atoms with E-state index in [2.05, 4.69) is 5.32 Å². The van der Waals surface area contributed by atoms with Crippen molar-refractivity contribution < 1.29 is 32.3 Å². The number of esters is 1. The van der Waals surface area contributed by atoms with Crippen molar-refractivity contribution in [2.75, 3.05) is 38.8 Å². The predicted octanol–water partition coefficient (Wildman–Crippen LogP) is -0.386. The third-order valence-corrected chi connectivity index (χ3v) is 6.00. The van der Waals surface area contributed by atoms with Crippen LogP contribution in [0.1, 0.15) is 16.8 Å². The topological polar surface area (TPSA) is 119 Å². The molecule has 0 unspecified atom stereocenters. The second kappa shape index (κ2) is 8.85. The first-order chi connectivity index (χ1) is 12.7. The van der Waals surface area contributed by atoms with Gasteiger partial charge in [-0.3, -0.25) is 14.4 Å². The SMILES string of the molecule is COc1ccccc1C(=O)NCC(=O)OCC(=O)N(C)[C@@H]1CCS(=O)(=O)C1. The van der Waals surface area contributed by atoms with Crippen molar-refractivity contribution >= 4 is 27.6 Å². The smallest absolute Gasteiger partial charge is 0.325 e. The molecule has 1 aliphatic rings. The highest BCUT2D eigenvalue weighted by atomic mass is 32.2. The molecular formula is C17H22N2O7S. The third kappa shape index (κ3) is 5.68. The lowest BCUT2D eigenvalue weighted by Crippen LogP contribution is -2.41. The van der Waals surface area contributed by atoms with Crippen molar-refractivity contribution in [3.8, 4) is 5.75 Å². The molecule has 27 heavy (non-hydrogen) atoms. The largest absolute Gasteiger partial charge is 0.496 e. The number of amides is 2. The van der Waals surface area contributed by atoms with Crippen LogP contribution in [0, 0.1) is 0 Å². The monoisotopic (exact) mass is 398 g/mol. The maximum atomic E-state index is 12.1. The average molecular weight is 398 g/mol. The number of ether oxygens (including phenoxy) is 2. The summed E-state index contributed by atoms with van der Waals surface area (Å²) in [5.74, 6) is -1.46. The number of benzene rings is 1. The molecule has 0 bridgehead atoms. The number of nitrogens with zero attached hydrogens (tertiary/aromatic N) is 1. The van der Waals surface area contributed by atoms with Gasteiger partial charge in [0.15, 0.2) is 16.4 Å². The summed E-state index contributed by atoms with van der Waals surface area (Å²) in [6, 6.07) is 6.12. The first-order valence-corrected chi connectivity index (χ1v) is 10.1. The fourth-order valence-corrected chi connectivity index (χ4v) is 4.43. The molecule has 10 heteroatoms. The highest BCUT2D eigenvalue weighted by Crippen LogP contribution is 2.17. The summed E-state index contributed by atoms with van der Waals surface area (Å²) < 4.78 is 32.9. The van der Waals surface area contributed by atoms with Crippen LogP contribution in [0.15, 0.2) is 24.3 Å². The molecule has 1 aromatic carbocycles. The second-order valence-corrected chi connectivity index (χ2v) is 8.33. The van der Waals surface area contributed by atoms with Crippen LogP contribution < -0.4 is 10.1 Å². The minimum atomic E-state index is -3.11. The highest BCUT2D eigenvalue weighted by molar-refractivity contribution is 7.91. The Morgan fingerprint density at radius 3 is 2.59 bits per heavy atom. The van der Waals surface area contributed by atoms with Gasteiger partial charge in [0.1, 0.15) is 12.3 Å². The number of carbonyl (C=O) groups is 3. The van der Waals surface area contributed by atoms with Gasteiger partial charge in [0.25, 0.3) is 11.8 Å². The Hall–Kier alpha value is -2.62. The Labute approximate surface area is 157 Å². The van der Waals surface area contributed by atoms with E-state index in [-0.39, 0.29) is 17.1 Å². The van der Waals surface area contributed by atoms with E-state index >= 15 is 0 Å². The highest BCUT2D eigenvalue weighted by Gasteiger charge is 2.32. The van der Waals surface area contributed by atoms with Crippen molar-refractivity contribution in [1.29, 1.82) is 0 Å². The first kappa shape index (κ1) is 20.7. The van der Waals surface area contributed by atoms with E-state index in [0.29, 0.717) is 12.2 Å². The molecule has 1 N–H and O–H groups in total. The summed E-state index contributed by atoms with van der Waals surface area (Å²) in [5, 5.41) is 2.39. The molecule has 1 aromatic rings. The molecule has 1 saturated heterocycles. The van der Waals surface area contributed by atoms with Gasteiger partial charge < -0.3 is 19.7 Å². The van der Waals surface area contributed by atoms with Gasteiger partial charge in [-0.25, -0.2) is 8.42 Å². The molecule has 0 saturated carbocycles. The summed E-state index contributed by atoms with van der Waals surface area (Å²) in [7, 11) is -0.209. The third-order valence-electron chi connectivity index (χ3n) is 4.25. The Bertz CT molecular complexity index is 822. The molecule has 0 aromatic heterocycles. The molecule has 1 aliphatic heterocycles. The molecule has 1 atom stereocenters. The second-order valence-electron chi connectivity index (χ2n) is 6.11. The number of carbonyl (C=O) groups excluding carboxylic acids is 3. The molecule has 0 spiro atoms. The van der Waals surface area contributed by atoms with Gasteiger partial charge in [-0.2, -0.15) is 0 Å². The van der Waals surface area contributed by atoms with Gasteiger partial charge in [-0.05, 0) is 18.6 Å². The molecule has 0 aliphatic carbocycles. The van der Waals surface area contributed by atoms with Crippen LogP contribution in [0.3, 0.4) is 0 Å². The van der Waals surface area contributed by atoms with Crippen molar-refractivity contribution in [3.63, 3.8) is 0 Å². The van der Waals surface area contributed by atoms with E-state index in [0.717, 1.165) is 0 Å². The molecular weight excluding hydrogens is 376 g/mol. The van der Waals surface area contributed by atoms with Crippen molar-refractivity contribution in [3.05, 3.63) is 29.8 Å². The quantitative estimate of drug-likeness (QED) is 0.622. The molecule has 1 fully saturated rings. The number of para-hydroxylation sites is 1. The standard InChI is InChI=1S/C17H22N2O7S/c1-19(12-7-8-27(23,24)11-12)15(20)10-26-16(21)9-18-17(22)13-5-3-4-6-14(13)25-2/h3-6,12H,7-11H2,1-2H3,(H,18,22)/t12-/m1/s1. The number of sulfone groups is 1. The lowest BCUT2D eigenvalue weighted by atomic mass is 10.2. The van der Waals surface area contributed by atoms with Gasteiger partial charge in [0.05, 0.1) is 24.2 Å². The van der Waals surface area contributed by atoms with Crippen molar-refractivity contribution in [2.45, 2.75) is 12.5 Å². The summed E-state index contributed by atoms with van der Waals surface area (Å²) in [6.45, 7) is -0.928. The fourth-order valence-electron chi connectivity index (χ4n) is 2.66. The number of hydrogen-bond donors (Lipinski definition) is 1. The lowest BCUT2D eigenvalue weighted by Gasteiger charge is -2.23. The molecule has 148 valence electrons. The van der Waals surface area contributed by atoms with Crippen LogP contribution in [0.4, 0.5) is 0 Å². The number of rotatable bonds is 7. The van der Waals surface area contributed by atoms with Crippen molar-refractivity contribution in [2.24, 2.45) is 0 Å². The number of nitrogens with one attached hydrogen (secondary N) is 1. The fraction of sp³-hybridized carbons (Fsp3) is 0.471. The summed E-state index contributed by atoms with van der Waals surface area (Å²) in [5.41, 5.74) is 0.269. The molecule has 1 heterocycles. The average Bonchev–Trinajstić information content (AvgIpc) is 3.03. The number of methoxy groups -OCH3 is 1. The zero-order valence-electron chi connectivity index (χ0n) is 15.1. The van der Waals surface area contributed by atoms with Crippen LogP contribution in [-0.4, -0.2) is 76.0 Å². The van der Waals surface area contributed by atoms with E-state index in [1.165, 1.54) is 19.1 Å². The van der Waals surface area contributed by atoms with E-state index in [9.17, 15) is 22.8 Å². The summed E-state index contributed by atoms with van der Waals surface area (Å²) >= 11 is 0. The lowest BCUT2D eigenvalue weighted by molar-refractivity contribution is -0.151. The van der Waals surface area contributed by atoms with Gasteiger partial charge in [0, 0.05) is 13.1 Å². The normalized spacial score (nSPS) is 17.8. The van der Waals surface area contributed by atoms with Crippen LogP contribution in [0.25, 0.3) is 0 Å². The van der Waals surface area contributed by atoms with Crippen molar-refractivity contribution in [1.82, 2.24) is 10.2 Å². The Balaban J connectivity index is 1.77. The predicted molar refractivity (Wildman–Crippen MR) is 96.1 cm³/mol. The Morgan fingerprint density at radius 1 is 1.26 bits per heavy atom. The zero-order chi connectivity index (χ0) is 20.0. The van der Waals surface area contributed by atoms with Gasteiger partial charge in [-0.1, -0.05) is 12.1 Å². The van der Waals surface area contributed by atoms with Gasteiger partial charge in [0.2, 0.25) is 0 Å². The molecule has 2 amide bonds. The molecule has 2 rings (SSSR count). The minimum absolute atomic E-state index is 0.0457. The van der Waals surface area contributed by atoms with Crippen LogP contribution >= 0.6 is 0 Å². The van der Waals surface area contributed by atoms with E-state index in [1.807, 2.05) is 0 Å². The number of hydrogen-bond acceptors (Lipinski definition) is 7. The van der Waals surface area contributed by atoms with Gasteiger partial charge in [-0.15, -0.1) is 0 Å². The maximum absolute atomic E-state index is 12.1. The number of likely N-dealkylation sites (N-methyl/N-ethyl adjacent to an activating group) is 1. The maximum Gasteiger partial charge on any atom is 0.325 e. The Morgan fingerprint density at radius 2 is 1.96 bits per heavy atom. The Kier molecular flexibility index (Phi) is 6.78. The van der Waals surface area contributed by atoms with Gasteiger partial charge >= 0.3 is 5.97 Å². The minimum Gasteiger partial charge on any atom is -0.496 e. The summed E-state index contributed by atoms with van der Waals surface area (Å²) in [6.07, 6.45) is 0.369.